The van der Waals surface area contributed by atoms with E-state index >= 15 is 0 Å². The van der Waals surface area contributed by atoms with Crippen LogP contribution in [-0.2, 0) is 29.2 Å². The zero-order valence-corrected chi connectivity index (χ0v) is 16.8. The summed E-state index contributed by atoms with van der Waals surface area (Å²) in [5.41, 5.74) is 2.70. The molecule has 5 nitrogen and oxygen atoms in total. The Labute approximate surface area is 170 Å². The number of ether oxygens (including phenoxy) is 1. The molecule has 0 amide bonds. The molecule has 2 aromatic rings. The minimum atomic E-state index is -0.858. The van der Waals surface area contributed by atoms with Gasteiger partial charge in [-0.3, -0.25) is 4.79 Å². The smallest absolute Gasteiger partial charge is 0.307 e. The number of benzene rings is 2. The summed E-state index contributed by atoms with van der Waals surface area (Å²) in [6.45, 7) is 1.91. The number of aliphatic carboxylic acids is 1. The number of unbranched alkanes of at least 4 members (excludes halogenated alkanes) is 2. The SMILES string of the molecule is CN(CCCCC=O)Cc1cc(CC(=O)O)ccc1OCc1ccc(Cl)cc1. The summed E-state index contributed by atoms with van der Waals surface area (Å²) in [6, 6.07) is 13.0. The fourth-order valence-corrected chi connectivity index (χ4v) is 3.03. The van der Waals surface area contributed by atoms with Crippen LogP contribution in [0.15, 0.2) is 42.5 Å². The van der Waals surface area contributed by atoms with Crippen LogP contribution in [0, 0.1) is 0 Å². The zero-order valence-electron chi connectivity index (χ0n) is 16.1. The Morgan fingerprint density at radius 1 is 1.14 bits per heavy atom. The standard InChI is InChI=1S/C22H26ClNO4/c1-24(11-3-2-4-12-25)15-19-13-18(14-22(26)27)7-10-21(19)28-16-17-5-8-20(23)9-6-17/h5-10,12-13H,2-4,11,14-16H2,1H3,(H,26,27). The highest BCUT2D eigenvalue weighted by molar-refractivity contribution is 6.30. The van der Waals surface area contributed by atoms with Crippen molar-refractivity contribution in [2.45, 2.75) is 38.8 Å². The largest absolute Gasteiger partial charge is 0.489 e. The van der Waals surface area contributed by atoms with Gasteiger partial charge in [-0.1, -0.05) is 35.9 Å². The fraction of sp³-hybridized carbons (Fsp3) is 0.364. The van der Waals surface area contributed by atoms with Crippen molar-refractivity contribution in [3.05, 3.63) is 64.2 Å². The van der Waals surface area contributed by atoms with Crippen LogP contribution < -0.4 is 4.74 Å². The van der Waals surface area contributed by atoms with E-state index in [0.29, 0.717) is 24.6 Å². The second-order valence-electron chi connectivity index (χ2n) is 6.83. The molecule has 0 atom stereocenters. The van der Waals surface area contributed by atoms with E-state index in [1.54, 1.807) is 6.07 Å². The van der Waals surface area contributed by atoms with Crippen LogP contribution >= 0.6 is 11.6 Å². The maximum atomic E-state index is 11.0. The lowest BCUT2D eigenvalue weighted by atomic mass is 10.1. The summed E-state index contributed by atoms with van der Waals surface area (Å²) in [5, 5.41) is 9.75. The number of aldehydes is 1. The third kappa shape index (κ3) is 7.71. The van der Waals surface area contributed by atoms with Gasteiger partial charge >= 0.3 is 5.97 Å². The summed E-state index contributed by atoms with van der Waals surface area (Å²) < 4.78 is 6.00. The Balaban J connectivity index is 2.07. The topological polar surface area (TPSA) is 66.8 Å². The maximum absolute atomic E-state index is 11.0. The van der Waals surface area contributed by atoms with Crippen molar-refractivity contribution < 1.29 is 19.4 Å². The van der Waals surface area contributed by atoms with Gasteiger partial charge in [0, 0.05) is 23.6 Å². The van der Waals surface area contributed by atoms with Gasteiger partial charge in [-0.25, -0.2) is 0 Å². The number of carboxylic acid groups (broad SMARTS) is 1. The number of hydrogen-bond acceptors (Lipinski definition) is 4. The van der Waals surface area contributed by atoms with Crippen molar-refractivity contribution in [1.82, 2.24) is 4.90 Å². The molecule has 0 aliphatic carbocycles. The molecule has 150 valence electrons. The third-order valence-electron chi connectivity index (χ3n) is 4.34. The normalized spacial score (nSPS) is 10.8. The predicted octanol–water partition coefficient (Wildman–Crippen LogP) is 4.35. The zero-order chi connectivity index (χ0) is 20.4. The quantitative estimate of drug-likeness (QED) is 0.421. The van der Waals surface area contributed by atoms with Crippen LogP contribution in [0.4, 0.5) is 0 Å². The molecule has 0 aliphatic heterocycles. The molecule has 2 rings (SSSR count). The second-order valence-corrected chi connectivity index (χ2v) is 7.26. The van der Waals surface area contributed by atoms with Crippen molar-refractivity contribution in [2.75, 3.05) is 13.6 Å². The van der Waals surface area contributed by atoms with Gasteiger partial charge in [-0.05, 0) is 55.8 Å². The van der Waals surface area contributed by atoms with E-state index in [-0.39, 0.29) is 6.42 Å². The van der Waals surface area contributed by atoms with Gasteiger partial charge in [0.05, 0.1) is 6.42 Å². The van der Waals surface area contributed by atoms with E-state index in [9.17, 15) is 9.59 Å². The molecular weight excluding hydrogens is 378 g/mol. The Morgan fingerprint density at radius 3 is 2.54 bits per heavy atom. The second kappa shape index (κ2) is 11.5. The molecule has 0 bridgehead atoms. The van der Waals surface area contributed by atoms with Gasteiger partial charge in [0.2, 0.25) is 0 Å². The molecule has 0 spiro atoms. The van der Waals surface area contributed by atoms with Gasteiger partial charge in [0.25, 0.3) is 0 Å². The molecule has 2 aromatic carbocycles. The average molecular weight is 404 g/mol. The van der Waals surface area contributed by atoms with Gasteiger partial charge in [0.15, 0.2) is 0 Å². The minimum Gasteiger partial charge on any atom is -0.489 e. The molecule has 28 heavy (non-hydrogen) atoms. The van der Waals surface area contributed by atoms with E-state index in [1.165, 1.54) is 0 Å². The van der Waals surface area contributed by atoms with Gasteiger partial charge < -0.3 is 19.5 Å². The summed E-state index contributed by atoms with van der Waals surface area (Å²) >= 11 is 5.92. The Bertz CT molecular complexity index is 777. The summed E-state index contributed by atoms with van der Waals surface area (Å²) in [4.78, 5) is 23.6. The van der Waals surface area contributed by atoms with E-state index < -0.39 is 5.97 Å². The van der Waals surface area contributed by atoms with E-state index in [0.717, 1.165) is 48.1 Å². The first-order valence-corrected chi connectivity index (χ1v) is 9.68. The average Bonchev–Trinajstić information content (AvgIpc) is 2.65. The molecule has 0 aliphatic rings. The highest BCUT2D eigenvalue weighted by Crippen LogP contribution is 2.24. The minimum absolute atomic E-state index is 0.0203. The molecule has 0 saturated heterocycles. The lowest BCUT2D eigenvalue weighted by molar-refractivity contribution is -0.136. The van der Waals surface area contributed by atoms with Gasteiger partial charge in [-0.2, -0.15) is 0 Å². The van der Waals surface area contributed by atoms with E-state index in [2.05, 4.69) is 4.90 Å². The van der Waals surface area contributed by atoms with Crippen LogP contribution in [0.5, 0.6) is 5.75 Å². The lowest BCUT2D eigenvalue weighted by Crippen LogP contribution is -2.20. The lowest BCUT2D eigenvalue weighted by Gasteiger charge is -2.20. The Kier molecular flexibility index (Phi) is 8.98. The summed E-state index contributed by atoms with van der Waals surface area (Å²) in [6.07, 6.45) is 3.31. The highest BCUT2D eigenvalue weighted by Gasteiger charge is 2.11. The number of halogens is 1. The molecular formula is C22H26ClNO4. The first kappa shape index (κ1) is 21.9. The van der Waals surface area contributed by atoms with Gasteiger partial charge in [-0.15, -0.1) is 0 Å². The maximum Gasteiger partial charge on any atom is 0.307 e. The molecule has 0 radical (unpaired) electrons. The number of hydrogen-bond donors (Lipinski definition) is 1. The number of nitrogens with zero attached hydrogens (tertiary/aromatic N) is 1. The molecule has 0 fully saturated rings. The monoisotopic (exact) mass is 403 g/mol. The molecule has 1 N–H and O–H groups in total. The summed E-state index contributed by atoms with van der Waals surface area (Å²) in [7, 11) is 2.01. The highest BCUT2D eigenvalue weighted by atomic mass is 35.5. The Morgan fingerprint density at radius 2 is 1.86 bits per heavy atom. The fourth-order valence-electron chi connectivity index (χ4n) is 2.90. The Hall–Kier alpha value is -2.37. The molecule has 0 heterocycles. The van der Waals surface area contributed by atoms with Crippen molar-refractivity contribution in [2.24, 2.45) is 0 Å². The summed E-state index contributed by atoms with van der Waals surface area (Å²) in [5.74, 6) is -0.119. The van der Waals surface area contributed by atoms with Crippen molar-refractivity contribution in [3.63, 3.8) is 0 Å². The van der Waals surface area contributed by atoms with Crippen LogP contribution in [0.2, 0.25) is 5.02 Å². The molecule has 0 saturated carbocycles. The number of carbonyl (C=O) groups is 2. The molecule has 0 aromatic heterocycles. The van der Waals surface area contributed by atoms with Gasteiger partial charge in [0.1, 0.15) is 18.6 Å². The van der Waals surface area contributed by atoms with E-state index in [1.807, 2.05) is 43.4 Å². The number of carbonyl (C=O) groups excluding carboxylic acids is 1. The van der Waals surface area contributed by atoms with Crippen LogP contribution in [0.25, 0.3) is 0 Å². The van der Waals surface area contributed by atoms with Crippen molar-refractivity contribution in [1.29, 1.82) is 0 Å². The predicted molar refractivity (Wildman–Crippen MR) is 110 cm³/mol. The third-order valence-corrected chi connectivity index (χ3v) is 4.59. The number of rotatable bonds is 12. The molecule has 0 unspecified atom stereocenters. The first-order valence-electron chi connectivity index (χ1n) is 9.31. The van der Waals surface area contributed by atoms with E-state index in [4.69, 9.17) is 21.4 Å². The van der Waals surface area contributed by atoms with Crippen LogP contribution in [-0.4, -0.2) is 35.9 Å². The number of carboxylic acids is 1. The van der Waals surface area contributed by atoms with Crippen LogP contribution in [0.3, 0.4) is 0 Å². The first-order chi connectivity index (χ1) is 13.5. The van der Waals surface area contributed by atoms with Crippen molar-refractivity contribution >= 4 is 23.9 Å². The molecule has 6 heteroatoms. The van der Waals surface area contributed by atoms with Crippen LogP contribution in [0.1, 0.15) is 36.0 Å². The van der Waals surface area contributed by atoms with Crippen molar-refractivity contribution in [3.8, 4) is 5.75 Å².